The van der Waals surface area contributed by atoms with Gasteiger partial charge in [0.2, 0.25) is 0 Å². The second-order valence-corrected chi connectivity index (χ2v) is 4.82. The second-order valence-electron chi connectivity index (χ2n) is 4.82. The highest BCUT2D eigenvalue weighted by Gasteiger charge is 2.11. The topological polar surface area (TPSA) is 55.7 Å². The Morgan fingerprint density at radius 2 is 2.00 bits per heavy atom. The van der Waals surface area contributed by atoms with Gasteiger partial charge in [0, 0.05) is 31.0 Å². The molecular weight excluding hydrogens is 228 g/mol. The second kappa shape index (κ2) is 6.61. The van der Waals surface area contributed by atoms with Crippen molar-refractivity contribution in [2.75, 3.05) is 36.5 Å². The molecule has 100 valence electrons. The largest absolute Gasteiger partial charge is 0.394 e. The van der Waals surface area contributed by atoms with E-state index in [1.165, 1.54) is 24.9 Å². The van der Waals surface area contributed by atoms with Crippen molar-refractivity contribution in [1.29, 1.82) is 0 Å². The molecular formula is C14H22N2O2. The van der Waals surface area contributed by atoms with Crippen LogP contribution in [0.3, 0.4) is 0 Å². The van der Waals surface area contributed by atoms with Crippen molar-refractivity contribution in [2.45, 2.75) is 25.4 Å². The van der Waals surface area contributed by atoms with Crippen molar-refractivity contribution >= 4 is 11.4 Å². The molecule has 1 aliphatic heterocycles. The molecule has 4 heteroatoms. The molecule has 0 amide bonds. The zero-order chi connectivity index (χ0) is 12.8. The first kappa shape index (κ1) is 13.2. The van der Waals surface area contributed by atoms with Gasteiger partial charge in [-0.15, -0.1) is 0 Å². The molecule has 3 N–H and O–H groups in total. The summed E-state index contributed by atoms with van der Waals surface area (Å²) in [6, 6.07) is 8.24. The van der Waals surface area contributed by atoms with Crippen LogP contribution in [0.4, 0.5) is 11.4 Å². The average molecular weight is 250 g/mol. The molecule has 18 heavy (non-hydrogen) atoms. The van der Waals surface area contributed by atoms with Crippen LogP contribution in [-0.4, -0.2) is 42.6 Å². The Bertz CT molecular complexity index is 365. The number of piperidine rings is 1. The number of benzene rings is 1. The van der Waals surface area contributed by atoms with Gasteiger partial charge in [-0.1, -0.05) is 6.07 Å². The molecule has 0 aromatic heterocycles. The third-order valence-electron chi connectivity index (χ3n) is 3.32. The minimum Gasteiger partial charge on any atom is -0.394 e. The summed E-state index contributed by atoms with van der Waals surface area (Å²) in [5, 5.41) is 21.2. The fourth-order valence-electron chi connectivity index (χ4n) is 2.26. The Kier molecular flexibility index (Phi) is 4.84. The molecule has 1 heterocycles. The van der Waals surface area contributed by atoms with Crippen LogP contribution < -0.4 is 10.2 Å². The first-order valence-electron chi connectivity index (χ1n) is 6.67. The highest BCUT2D eigenvalue weighted by Crippen LogP contribution is 2.22. The van der Waals surface area contributed by atoms with E-state index in [2.05, 4.69) is 22.3 Å². The van der Waals surface area contributed by atoms with Crippen LogP contribution in [0.15, 0.2) is 24.3 Å². The minimum atomic E-state index is -0.705. The molecule has 0 saturated carbocycles. The number of aliphatic hydroxyl groups excluding tert-OH is 2. The lowest BCUT2D eigenvalue weighted by molar-refractivity contribution is 0.105. The molecule has 1 aliphatic rings. The zero-order valence-electron chi connectivity index (χ0n) is 10.7. The maximum atomic E-state index is 9.31. The third-order valence-corrected chi connectivity index (χ3v) is 3.32. The van der Waals surface area contributed by atoms with Crippen LogP contribution in [0.25, 0.3) is 0 Å². The fourth-order valence-corrected chi connectivity index (χ4v) is 2.26. The van der Waals surface area contributed by atoms with E-state index in [1.807, 2.05) is 12.1 Å². The normalized spacial score (nSPS) is 17.6. The van der Waals surface area contributed by atoms with E-state index in [0.717, 1.165) is 18.8 Å². The number of anilines is 2. The molecule has 1 aromatic carbocycles. The monoisotopic (exact) mass is 250 g/mol. The number of hydrogen-bond donors (Lipinski definition) is 3. The van der Waals surface area contributed by atoms with Crippen LogP contribution in [0.2, 0.25) is 0 Å². The van der Waals surface area contributed by atoms with E-state index in [1.54, 1.807) is 0 Å². The maximum absolute atomic E-state index is 9.31. The highest BCUT2D eigenvalue weighted by atomic mass is 16.3. The van der Waals surface area contributed by atoms with Gasteiger partial charge in [-0.3, -0.25) is 0 Å². The van der Waals surface area contributed by atoms with Gasteiger partial charge in [0.1, 0.15) is 0 Å². The van der Waals surface area contributed by atoms with Crippen LogP contribution in [0.5, 0.6) is 0 Å². The molecule has 0 aliphatic carbocycles. The van der Waals surface area contributed by atoms with E-state index < -0.39 is 6.10 Å². The molecule has 1 aromatic rings. The van der Waals surface area contributed by atoms with E-state index in [9.17, 15) is 5.11 Å². The molecule has 0 radical (unpaired) electrons. The number of rotatable bonds is 5. The van der Waals surface area contributed by atoms with Crippen LogP contribution >= 0.6 is 0 Å². The zero-order valence-corrected chi connectivity index (χ0v) is 10.7. The van der Waals surface area contributed by atoms with Crippen molar-refractivity contribution < 1.29 is 10.2 Å². The predicted molar refractivity (Wildman–Crippen MR) is 74.1 cm³/mol. The van der Waals surface area contributed by atoms with Crippen LogP contribution in [0.1, 0.15) is 19.3 Å². The first-order chi connectivity index (χ1) is 8.79. The van der Waals surface area contributed by atoms with Gasteiger partial charge in [0.05, 0.1) is 12.7 Å². The maximum Gasteiger partial charge on any atom is 0.0942 e. The predicted octanol–water partition coefficient (Wildman–Crippen LogP) is 1.44. The molecule has 1 atom stereocenters. The lowest BCUT2D eigenvalue weighted by atomic mass is 10.1. The van der Waals surface area contributed by atoms with E-state index in [4.69, 9.17) is 5.11 Å². The van der Waals surface area contributed by atoms with Gasteiger partial charge in [0.15, 0.2) is 0 Å². The van der Waals surface area contributed by atoms with Crippen molar-refractivity contribution in [3.8, 4) is 0 Å². The summed E-state index contributed by atoms with van der Waals surface area (Å²) < 4.78 is 0. The van der Waals surface area contributed by atoms with Crippen molar-refractivity contribution in [1.82, 2.24) is 0 Å². The summed E-state index contributed by atoms with van der Waals surface area (Å²) in [5.74, 6) is 0. The minimum absolute atomic E-state index is 0.210. The van der Waals surface area contributed by atoms with Gasteiger partial charge in [-0.05, 0) is 37.5 Å². The van der Waals surface area contributed by atoms with Crippen LogP contribution in [-0.2, 0) is 0 Å². The number of hydrogen-bond acceptors (Lipinski definition) is 4. The van der Waals surface area contributed by atoms with Gasteiger partial charge in [-0.25, -0.2) is 0 Å². The van der Waals surface area contributed by atoms with Gasteiger partial charge >= 0.3 is 0 Å². The SMILES string of the molecule is OCC(O)CNc1cccc(N2CCCCC2)c1. The van der Waals surface area contributed by atoms with E-state index in [-0.39, 0.29) is 6.61 Å². The summed E-state index contributed by atoms with van der Waals surface area (Å²) in [6.07, 6.45) is 3.16. The molecule has 0 spiro atoms. The number of nitrogens with one attached hydrogen (secondary N) is 1. The standard InChI is InChI=1S/C14H22N2O2/c17-11-14(18)10-15-12-5-4-6-13(9-12)16-7-2-1-3-8-16/h4-6,9,14-15,17-18H,1-3,7-8,10-11H2. The van der Waals surface area contributed by atoms with Gasteiger partial charge < -0.3 is 20.4 Å². The Hall–Kier alpha value is -1.26. The molecule has 1 saturated heterocycles. The number of aliphatic hydroxyl groups is 2. The summed E-state index contributed by atoms with van der Waals surface area (Å²) in [6.45, 7) is 2.42. The van der Waals surface area contributed by atoms with E-state index >= 15 is 0 Å². The Morgan fingerprint density at radius 1 is 1.22 bits per heavy atom. The molecule has 4 nitrogen and oxygen atoms in total. The summed E-state index contributed by atoms with van der Waals surface area (Å²) in [7, 11) is 0. The van der Waals surface area contributed by atoms with Gasteiger partial charge in [-0.2, -0.15) is 0 Å². The quantitative estimate of drug-likeness (QED) is 0.740. The summed E-state index contributed by atoms with van der Waals surface area (Å²) in [5.41, 5.74) is 2.23. The fraction of sp³-hybridized carbons (Fsp3) is 0.571. The Labute approximate surface area is 108 Å². The third kappa shape index (κ3) is 3.62. The van der Waals surface area contributed by atoms with Crippen molar-refractivity contribution in [2.24, 2.45) is 0 Å². The number of nitrogens with zero attached hydrogens (tertiary/aromatic N) is 1. The summed E-state index contributed by atoms with van der Waals surface area (Å²) >= 11 is 0. The molecule has 1 fully saturated rings. The lowest BCUT2D eigenvalue weighted by Crippen LogP contribution is -2.29. The first-order valence-corrected chi connectivity index (χ1v) is 6.67. The van der Waals surface area contributed by atoms with Crippen LogP contribution in [0, 0.1) is 0 Å². The lowest BCUT2D eigenvalue weighted by Gasteiger charge is -2.29. The summed E-state index contributed by atoms with van der Waals surface area (Å²) in [4.78, 5) is 2.40. The molecule has 0 bridgehead atoms. The highest BCUT2D eigenvalue weighted by molar-refractivity contribution is 5.58. The van der Waals surface area contributed by atoms with Crippen molar-refractivity contribution in [3.05, 3.63) is 24.3 Å². The smallest absolute Gasteiger partial charge is 0.0942 e. The van der Waals surface area contributed by atoms with Crippen molar-refractivity contribution in [3.63, 3.8) is 0 Å². The van der Waals surface area contributed by atoms with Gasteiger partial charge in [0.25, 0.3) is 0 Å². The Morgan fingerprint density at radius 3 is 2.72 bits per heavy atom. The molecule has 2 rings (SSSR count). The average Bonchev–Trinajstić information content (AvgIpc) is 2.46. The Balaban J connectivity index is 1.96. The molecule has 1 unspecified atom stereocenters. The van der Waals surface area contributed by atoms with E-state index in [0.29, 0.717) is 6.54 Å².